The van der Waals surface area contributed by atoms with E-state index in [4.69, 9.17) is 0 Å². The number of piperazine rings is 1. The standard InChI is InChI=1S/C20H16F4N2O2/c21-15-4-5-16-12(9-15)6-7-26-17(16)10-25(11-18(26)27)19(28)13-2-1-3-14(8-13)20(22,23)24/h1-5,8-9,17H,6-7,10-11H2. The van der Waals surface area contributed by atoms with Crippen molar-refractivity contribution >= 4 is 11.8 Å². The number of alkyl halides is 3. The van der Waals surface area contributed by atoms with Crippen LogP contribution in [0.1, 0.15) is 33.1 Å². The van der Waals surface area contributed by atoms with Gasteiger partial charge in [0.1, 0.15) is 12.4 Å². The molecule has 28 heavy (non-hydrogen) atoms. The number of carbonyl (C=O) groups excluding carboxylic acids is 2. The minimum absolute atomic E-state index is 0.119. The van der Waals surface area contributed by atoms with Crippen LogP contribution in [0.3, 0.4) is 0 Å². The van der Waals surface area contributed by atoms with Gasteiger partial charge in [-0.05, 0) is 47.9 Å². The van der Waals surface area contributed by atoms with Gasteiger partial charge in [0.05, 0.1) is 11.6 Å². The Bertz CT molecular complexity index is 957. The summed E-state index contributed by atoms with van der Waals surface area (Å²) < 4.78 is 52.3. The van der Waals surface area contributed by atoms with Crippen LogP contribution in [-0.2, 0) is 17.4 Å². The van der Waals surface area contributed by atoms with E-state index in [-0.39, 0.29) is 30.4 Å². The average Bonchev–Trinajstić information content (AvgIpc) is 2.66. The molecule has 0 saturated carbocycles. The van der Waals surface area contributed by atoms with Crippen LogP contribution in [0.5, 0.6) is 0 Å². The number of nitrogens with zero attached hydrogens (tertiary/aromatic N) is 2. The summed E-state index contributed by atoms with van der Waals surface area (Å²) in [5, 5.41) is 0. The van der Waals surface area contributed by atoms with Crippen molar-refractivity contribution in [2.24, 2.45) is 0 Å². The number of carbonyl (C=O) groups is 2. The van der Waals surface area contributed by atoms with Gasteiger partial charge in [-0.3, -0.25) is 9.59 Å². The highest BCUT2D eigenvalue weighted by Gasteiger charge is 2.39. The first kappa shape index (κ1) is 18.5. The molecule has 8 heteroatoms. The van der Waals surface area contributed by atoms with Crippen LogP contribution < -0.4 is 0 Å². The highest BCUT2D eigenvalue weighted by Crippen LogP contribution is 2.34. The molecule has 2 heterocycles. The van der Waals surface area contributed by atoms with Gasteiger partial charge in [0, 0.05) is 18.7 Å². The maximum atomic E-state index is 13.5. The fourth-order valence-electron chi connectivity index (χ4n) is 3.87. The predicted octanol–water partition coefficient (Wildman–Crippen LogP) is 3.43. The second kappa shape index (κ2) is 6.61. The summed E-state index contributed by atoms with van der Waals surface area (Å²) in [6.07, 6.45) is -4.03. The maximum Gasteiger partial charge on any atom is 0.416 e. The zero-order valence-electron chi connectivity index (χ0n) is 14.7. The summed E-state index contributed by atoms with van der Waals surface area (Å²) in [5.74, 6) is -1.27. The van der Waals surface area contributed by atoms with Gasteiger partial charge in [0.15, 0.2) is 0 Å². The molecule has 4 rings (SSSR count). The Hall–Kier alpha value is -2.90. The lowest BCUT2D eigenvalue weighted by molar-refractivity contribution is -0.139. The molecule has 2 aromatic rings. The van der Waals surface area contributed by atoms with Crippen LogP contribution in [0, 0.1) is 5.82 Å². The largest absolute Gasteiger partial charge is 0.416 e. The molecule has 0 aliphatic carbocycles. The number of amides is 2. The van der Waals surface area contributed by atoms with Crippen LogP contribution in [0.4, 0.5) is 17.6 Å². The van der Waals surface area contributed by atoms with E-state index in [1.807, 2.05) is 0 Å². The molecule has 146 valence electrons. The fourth-order valence-corrected chi connectivity index (χ4v) is 3.87. The average molecular weight is 392 g/mol. The summed E-state index contributed by atoms with van der Waals surface area (Å²) in [6.45, 7) is 0.382. The zero-order valence-corrected chi connectivity index (χ0v) is 14.7. The molecule has 2 aromatic carbocycles. The normalized spacial score (nSPS) is 19.3. The Morgan fingerprint density at radius 2 is 1.89 bits per heavy atom. The second-order valence-corrected chi connectivity index (χ2v) is 6.96. The van der Waals surface area contributed by atoms with Gasteiger partial charge >= 0.3 is 6.18 Å². The highest BCUT2D eigenvalue weighted by atomic mass is 19.4. The summed E-state index contributed by atoms with van der Waals surface area (Å²) >= 11 is 0. The molecule has 0 spiro atoms. The zero-order chi connectivity index (χ0) is 20.1. The molecule has 1 fully saturated rings. The molecule has 1 saturated heterocycles. The third kappa shape index (κ3) is 3.23. The predicted molar refractivity (Wildman–Crippen MR) is 91.9 cm³/mol. The van der Waals surface area contributed by atoms with Crippen molar-refractivity contribution in [1.29, 1.82) is 0 Å². The highest BCUT2D eigenvalue weighted by molar-refractivity contribution is 5.97. The lowest BCUT2D eigenvalue weighted by Gasteiger charge is -2.44. The number of fused-ring (bicyclic) bond motifs is 3. The molecule has 0 bridgehead atoms. The van der Waals surface area contributed by atoms with E-state index in [9.17, 15) is 27.2 Å². The molecule has 2 amide bonds. The number of rotatable bonds is 1. The van der Waals surface area contributed by atoms with Crippen LogP contribution in [-0.4, -0.2) is 41.2 Å². The summed E-state index contributed by atoms with van der Waals surface area (Å²) in [6, 6.07) is 8.07. The molecule has 0 N–H and O–H groups in total. The lowest BCUT2D eigenvalue weighted by atomic mass is 9.90. The van der Waals surface area contributed by atoms with Gasteiger partial charge in [-0.15, -0.1) is 0 Å². The molecule has 1 unspecified atom stereocenters. The SMILES string of the molecule is O=C(c1cccc(C(F)(F)F)c1)N1CC(=O)N2CCc3cc(F)ccc3C2C1. The molecule has 1 atom stereocenters. The number of hydrogen-bond acceptors (Lipinski definition) is 2. The molecule has 0 radical (unpaired) electrons. The third-order valence-electron chi connectivity index (χ3n) is 5.23. The molecule has 2 aliphatic heterocycles. The van der Waals surface area contributed by atoms with E-state index >= 15 is 0 Å². The Labute approximate surface area is 158 Å². The Balaban J connectivity index is 1.63. The fraction of sp³-hybridized carbons (Fsp3) is 0.300. The van der Waals surface area contributed by atoms with E-state index < -0.39 is 23.7 Å². The second-order valence-electron chi connectivity index (χ2n) is 6.96. The van der Waals surface area contributed by atoms with E-state index in [1.54, 1.807) is 11.0 Å². The smallest absolute Gasteiger partial charge is 0.332 e. The Morgan fingerprint density at radius 3 is 2.64 bits per heavy atom. The quantitative estimate of drug-likeness (QED) is 0.698. The monoisotopic (exact) mass is 392 g/mol. The van der Waals surface area contributed by atoms with E-state index in [0.717, 1.165) is 23.3 Å². The summed E-state index contributed by atoms with van der Waals surface area (Å²) in [4.78, 5) is 28.3. The van der Waals surface area contributed by atoms with E-state index in [1.165, 1.54) is 29.2 Å². The van der Waals surface area contributed by atoms with Crippen LogP contribution in [0.25, 0.3) is 0 Å². The molecular formula is C20H16F4N2O2. The van der Waals surface area contributed by atoms with Gasteiger partial charge in [-0.2, -0.15) is 13.2 Å². The van der Waals surface area contributed by atoms with Crippen molar-refractivity contribution < 1.29 is 27.2 Å². The Kier molecular flexibility index (Phi) is 4.36. The van der Waals surface area contributed by atoms with Crippen molar-refractivity contribution in [2.45, 2.75) is 18.6 Å². The maximum absolute atomic E-state index is 13.5. The first-order valence-electron chi connectivity index (χ1n) is 8.78. The van der Waals surface area contributed by atoms with Crippen molar-refractivity contribution in [3.8, 4) is 0 Å². The summed E-state index contributed by atoms with van der Waals surface area (Å²) in [7, 11) is 0. The van der Waals surface area contributed by atoms with Gasteiger partial charge in [-0.1, -0.05) is 12.1 Å². The van der Waals surface area contributed by atoms with Crippen LogP contribution in [0.2, 0.25) is 0 Å². The van der Waals surface area contributed by atoms with E-state index in [2.05, 4.69) is 0 Å². The first-order chi connectivity index (χ1) is 13.2. The van der Waals surface area contributed by atoms with Gasteiger partial charge in [0.2, 0.25) is 5.91 Å². The van der Waals surface area contributed by atoms with Crippen LogP contribution >= 0.6 is 0 Å². The molecule has 2 aliphatic rings. The van der Waals surface area contributed by atoms with E-state index in [0.29, 0.717) is 13.0 Å². The van der Waals surface area contributed by atoms with Crippen molar-refractivity contribution in [3.63, 3.8) is 0 Å². The lowest BCUT2D eigenvalue weighted by Crippen LogP contribution is -2.55. The van der Waals surface area contributed by atoms with Gasteiger partial charge in [-0.25, -0.2) is 4.39 Å². The Morgan fingerprint density at radius 1 is 1.11 bits per heavy atom. The number of halogens is 4. The number of benzene rings is 2. The molecule has 0 aromatic heterocycles. The minimum Gasteiger partial charge on any atom is -0.332 e. The van der Waals surface area contributed by atoms with Crippen molar-refractivity contribution in [2.75, 3.05) is 19.6 Å². The minimum atomic E-state index is -4.56. The first-order valence-corrected chi connectivity index (χ1v) is 8.78. The van der Waals surface area contributed by atoms with Gasteiger partial charge < -0.3 is 9.80 Å². The summed E-state index contributed by atoms with van der Waals surface area (Å²) in [5.41, 5.74) is 0.512. The molecule has 4 nitrogen and oxygen atoms in total. The van der Waals surface area contributed by atoms with Crippen LogP contribution in [0.15, 0.2) is 42.5 Å². The third-order valence-corrected chi connectivity index (χ3v) is 5.23. The number of hydrogen-bond donors (Lipinski definition) is 0. The topological polar surface area (TPSA) is 40.6 Å². The van der Waals surface area contributed by atoms with Crippen molar-refractivity contribution in [1.82, 2.24) is 9.80 Å². The van der Waals surface area contributed by atoms with Crippen molar-refractivity contribution in [3.05, 3.63) is 70.5 Å². The molecular weight excluding hydrogens is 376 g/mol. The van der Waals surface area contributed by atoms with Gasteiger partial charge in [0.25, 0.3) is 5.91 Å².